The number of rotatable bonds is 4. The average molecular weight is 393 g/mol. The summed E-state index contributed by atoms with van der Waals surface area (Å²) in [5, 5.41) is 5.50. The third kappa shape index (κ3) is 11.6. The smallest absolute Gasteiger partial charge is 0.0290 e. The van der Waals surface area contributed by atoms with Gasteiger partial charge in [0.2, 0.25) is 0 Å². The van der Waals surface area contributed by atoms with Gasteiger partial charge in [-0.25, -0.2) is 0 Å². The van der Waals surface area contributed by atoms with Crippen LogP contribution in [0.15, 0.2) is 65.7 Å². The monoisotopic (exact) mass is 392 g/mol. The molecule has 0 unspecified atom stereocenters. The molecule has 0 bridgehead atoms. The zero-order chi connectivity index (χ0) is 22.8. The van der Waals surface area contributed by atoms with E-state index in [1.165, 1.54) is 39.0 Å². The highest BCUT2D eigenvalue weighted by atomic mass is 14.6. The summed E-state index contributed by atoms with van der Waals surface area (Å²) in [5.41, 5.74) is 8.78. The summed E-state index contributed by atoms with van der Waals surface area (Å²) >= 11 is 0. The van der Waals surface area contributed by atoms with Crippen molar-refractivity contribution < 1.29 is 0 Å². The maximum atomic E-state index is 5.50. The van der Waals surface area contributed by atoms with Gasteiger partial charge < -0.3 is 5.41 Å². The van der Waals surface area contributed by atoms with E-state index in [1.807, 2.05) is 41.0 Å². The summed E-state index contributed by atoms with van der Waals surface area (Å²) in [6, 6.07) is 17.4. The van der Waals surface area contributed by atoms with Crippen molar-refractivity contribution in [3.8, 4) is 0 Å². The van der Waals surface area contributed by atoms with Crippen molar-refractivity contribution in [3.63, 3.8) is 0 Å². The van der Waals surface area contributed by atoms with Gasteiger partial charge in [0, 0.05) is 18.8 Å². The Hall–Kier alpha value is -2.74. The summed E-state index contributed by atoms with van der Waals surface area (Å²) in [6.07, 6.45) is 2.96. The molecule has 2 heteroatoms. The molecule has 0 aliphatic carbocycles. The van der Waals surface area contributed by atoms with Crippen molar-refractivity contribution in [1.82, 2.24) is 0 Å². The molecule has 0 amide bonds. The fourth-order valence-corrected chi connectivity index (χ4v) is 2.49. The quantitative estimate of drug-likeness (QED) is 0.309. The Kier molecular flexibility index (Phi) is 17.0. The summed E-state index contributed by atoms with van der Waals surface area (Å²) in [7, 11) is 1.83. The van der Waals surface area contributed by atoms with E-state index in [1.54, 1.807) is 0 Å². The Labute approximate surface area is 179 Å². The van der Waals surface area contributed by atoms with Crippen molar-refractivity contribution in [1.29, 1.82) is 5.41 Å². The molecule has 0 spiro atoms. The first kappa shape index (κ1) is 28.5. The second kappa shape index (κ2) is 17.4. The summed E-state index contributed by atoms with van der Waals surface area (Å²) < 4.78 is 0. The number of benzene rings is 2. The predicted octanol–water partition coefficient (Wildman–Crippen LogP) is 8.20. The van der Waals surface area contributed by atoms with Crippen LogP contribution in [0.1, 0.15) is 63.3 Å². The fourth-order valence-electron chi connectivity index (χ4n) is 2.49. The van der Waals surface area contributed by atoms with Gasteiger partial charge in [0.05, 0.1) is 0 Å². The van der Waals surface area contributed by atoms with E-state index in [0.29, 0.717) is 0 Å². The molecule has 0 saturated heterocycles. The van der Waals surface area contributed by atoms with Crippen LogP contribution in [0.4, 0.5) is 0 Å². The van der Waals surface area contributed by atoms with Gasteiger partial charge >= 0.3 is 0 Å². The first-order valence-electron chi connectivity index (χ1n) is 10.2. The molecular weight excluding hydrogens is 352 g/mol. The molecule has 2 nitrogen and oxygen atoms in total. The topological polar surface area (TPSA) is 36.2 Å². The number of nitrogens with zero attached hydrogens (tertiary/aromatic N) is 1. The molecule has 29 heavy (non-hydrogen) atoms. The first-order chi connectivity index (χ1) is 13.9. The third-order valence-electron chi connectivity index (χ3n) is 3.70. The van der Waals surface area contributed by atoms with E-state index in [0.717, 1.165) is 6.42 Å². The molecule has 0 aromatic heterocycles. The number of nitrogens with one attached hydrogen (secondary N) is 1. The normalized spacial score (nSPS) is 10.3. The highest BCUT2D eigenvalue weighted by molar-refractivity contribution is 6.19. The molecule has 0 heterocycles. The van der Waals surface area contributed by atoms with Crippen molar-refractivity contribution in [2.24, 2.45) is 4.99 Å². The second-order valence-corrected chi connectivity index (χ2v) is 6.57. The molecular formula is C27H40N2. The number of allylic oxidation sites excluding steroid dienone is 3. The minimum absolute atomic E-state index is 0.984. The third-order valence-corrected chi connectivity index (χ3v) is 3.70. The van der Waals surface area contributed by atoms with E-state index < -0.39 is 0 Å². The van der Waals surface area contributed by atoms with Crippen LogP contribution >= 0.6 is 0 Å². The zero-order valence-electron chi connectivity index (χ0n) is 19.8. The molecule has 158 valence electrons. The lowest BCUT2D eigenvalue weighted by Crippen LogP contribution is -1.94. The van der Waals surface area contributed by atoms with Crippen LogP contribution in [0, 0.1) is 19.3 Å². The zero-order valence-corrected chi connectivity index (χ0v) is 19.8. The summed E-state index contributed by atoms with van der Waals surface area (Å²) in [5.74, 6) is 0. The molecule has 2 aromatic carbocycles. The standard InChI is InChI=1S/C20H23N.C4H8.C2H6.CH3N/c1-5-19(17-10-6-15(2)7-11-17)20(14-21-4)18-12-8-16(3)9-13-18;1-4(2)3;2*1-2/h6-14H,5H2,1-4H3;1H2,2-3H3;1-2H3;2H,1H2/b20-19-,21-14?;;;. The Balaban J connectivity index is 0. The largest absolute Gasteiger partial charge is 0.317 e. The van der Waals surface area contributed by atoms with Gasteiger partial charge in [-0.15, -0.1) is 6.58 Å². The lowest BCUT2D eigenvalue weighted by Gasteiger charge is -2.12. The van der Waals surface area contributed by atoms with Gasteiger partial charge in [-0.05, 0) is 57.5 Å². The molecule has 1 N–H and O–H groups in total. The highest BCUT2D eigenvalue weighted by Crippen LogP contribution is 2.28. The minimum Gasteiger partial charge on any atom is -0.317 e. The van der Waals surface area contributed by atoms with Gasteiger partial charge in [-0.2, -0.15) is 0 Å². The van der Waals surface area contributed by atoms with Gasteiger partial charge in [0.25, 0.3) is 0 Å². The molecule has 0 atom stereocenters. The van der Waals surface area contributed by atoms with Crippen LogP contribution in [0.25, 0.3) is 11.1 Å². The maximum Gasteiger partial charge on any atom is 0.0290 e. The second-order valence-electron chi connectivity index (χ2n) is 6.57. The first-order valence-corrected chi connectivity index (χ1v) is 10.2. The van der Waals surface area contributed by atoms with E-state index in [-0.39, 0.29) is 0 Å². The lowest BCUT2D eigenvalue weighted by atomic mass is 9.92. The number of aliphatic imine (C=N–C) groups is 1. The van der Waals surface area contributed by atoms with Crippen molar-refractivity contribution in [2.45, 2.75) is 54.9 Å². The SMILES string of the molecule is C=C(C)C.C=N.CC.CC/C(=C(\C=NC)c1ccc(C)cc1)c1ccc(C)cc1. The molecule has 2 aromatic rings. The van der Waals surface area contributed by atoms with Crippen LogP contribution in [0.2, 0.25) is 0 Å². The van der Waals surface area contributed by atoms with Crippen LogP contribution in [-0.4, -0.2) is 20.0 Å². The Bertz CT molecular complexity index is 744. The predicted molar refractivity (Wildman–Crippen MR) is 136 cm³/mol. The van der Waals surface area contributed by atoms with Crippen molar-refractivity contribution in [2.75, 3.05) is 7.05 Å². The maximum absolute atomic E-state index is 5.50. The minimum atomic E-state index is 0.984. The van der Waals surface area contributed by atoms with Crippen LogP contribution in [0.5, 0.6) is 0 Å². The van der Waals surface area contributed by atoms with Gasteiger partial charge in [-0.3, -0.25) is 4.99 Å². The molecule has 0 fully saturated rings. The van der Waals surface area contributed by atoms with E-state index in [9.17, 15) is 0 Å². The highest BCUT2D eigenvalue weighted by Gasteiger charge is 2.08. The lowest BCUT2D eigenvalue weighted by molar-refractivity contribution is 1.24. The Morgan fingerprint density at radius 3 is 1.52 bits per heavy atom. The van der Waals surface area contributed by atoms with E-state index in [4.69, 9.17) is 5.41 Å². The van der Waals surface area contributed by atoms with Crippen molar-refractivity contribution in [3.05, 3.63) is 82.9 Å². The molecule has 0 aliphatic heterocycles. The van der Waals surface area contributed by atoms with E-state index >= 15 is 0 Å². The average Bonchev–Trinajstić information content (AvgIpc) is 2.72. The van der Waals surface area contributed by atoms with Gasteiger partial charge in [0.1, 0.15) is 0 Å². The van der Waals surface area contributed by atoms with E-state index in [2.05, 4.69) is 87.6 Å². The molecule has 0 aliphatic rings. The number of hydrogen-bond acceptors (Lipinski definition) is 2. The molecule has 2 rings (SSSR count). The molecule has 0 radical (unpaired) electrons. The van der Waals surface area contributed by atoms with Gasteiger partial charge in [0.15, 0.2) is 0 Å². The van der Waals surface area contributed by atoms with Crippen LogP contribution in [-0.2, 0) is 0 Å². The van der Waals surface area contributed by atoms with Crippen LogP contribution < -0.4 is 0 Å². The van der Waals surface area contributed by atoms with Crippen molar-refractivity contribution >= 4 is 24.1 Å². The summed E-state index contributed by atoms with van der Waals surface area (Å²) in [4.78, 5) is 4.26. The Morgan fingerprint density at radius 2 is 1.21 bits per heavy atom. The Morgan fingerprint density at radius 1 is 0.862 bits per heavy atom. The summed E-state index contributed by atoms with van der Waals surface area (Å²) in [6.45, 7) is 20.4. The number of hydrogen-bond donors (Lipinski definition) is 1. The van der Waals surface area contributed by atoms with Gasteiger partial charge in [-0.1, -0.05) is 86.0 Å². The number of aryl methyl sites for hydroxylation is 2. The fraction of sp³-hybridized carbons (Fsp3) is 0.333. The van der Waals surface area contributed by atoms with Crippen LogP contribution in [0.3, 0.4) is 0 Å². The molecule has 0 saturated carbocycles.